The average molecular weight is 295 g/mol. The predicted octanol–water partition coefficient (Wildman–Crippen LogP) is 1.14. The topological polar surface area (TPSA) is 61.4 Å². The maximum Gasteiger partial charge on any atom is 0.230 e. The molecule has 2 amide bonds. The summed E-state index contributed by atoms with van der Waals surface area (Å²) in [6.07, 6.45) is 5.84. The van der Waals surface area contributed by atoms with Crippen molar-refractivity contribution in [1.29, 1.82) is 0 Å². The maximum absolute atomic E-state index is 13.1. The van der Waals surface area contributed by atoms with Crippen molar-refractivity contribution < 1.29 is 9.59 Å². The molecule has 0 aromatic rings. The Kier molecular flexibility index (Phi) is 5.62. The molecule has 0 aromatic heterocycles. The monoisotopic (exact) mass is 295 g/mol. The van der Waals surface area contributed by atoms with E-state index in [-0.39, 0.29) is 23.1 Å². The Morgan fingerprint density at radius 3 is 2.81 bits per heavy atom. The first kappa shape index (κ1) is 16.3. The van der Waals surface area contributed by atoms with Crippen LogP contribution in [0.25, 0.3) is 0 Å². The van der Waals surface area contributed by atoms with E-state index in [0.717, 1.165) is 58.2 Å². The summed E-state index contributed by atoms with van der Waals surface area (Å²) < 4.78 is 0. The van der Waals surface area contributed by atoms with Crippen LogP contribution in [0.5, 0.6) is 0 Å². The van der Waals surface area contributed by atoms with Crippen LogP contribution in [0.3, 0.4) is 0 Å². The van der Waals surface area contributed by atoms with Gasteiger partial charge in [-0.15, -0.1) is 0 Å². The van der Waals surface area contributed by atoms with Gasteiger partial charge in [0.05, 0.1) is 11.3 Å². The molecule has 2 saturated heterocycles. The summed E-state index contributed by atoms with van der Waals surface area (Å²) in [4.78, 5) is 26.9. The lowest BCUT2D eigenvalue weighted by Crippen LogP contribution is -2.55. The Morgan fingerprint density at radius 1 is 1.38 bits per heavy atom. The Hall–Kier alpha value is -1.10. The van der Waals surface area contributed by atoms with Crippen LogP contribution in [-0.4, -0.2) is 49.9 Å². The Labute approximate surface area is 127 Å². The van der Waals surface area contributed by atoms with Crippen molar-refractivity contribution in [2.75, 3.05) is 33.2 Å². The van der Waals surface area contributed by atoms with E-state index in [2.05, 4.69) is 17.6 Å². The van der Waals surface area contributed by atoms with E-state index in [1.165, 1.54) is 0 Å². The van der Waals surface area contributed by atoms with Crippen LogP contribution < -0.4 is 10.6 Å². The molecular weight excluding hydrogens is 266 g/mol. The summed E-state index contributed by atoms with van der Waals surface area (Å²) in [6.45, 7) is 5.34. The molecule has 5 nitrogen and oxygen atoms in total. The minimum atomic E-state index is -0.239. The van der Waals surface area contributed by atoms with Crippen LogP contribution in [-0.2, 0) is 9.59 Å². The molecule has 120 valence electrons. The number of piperidine rings is 2. The highest BCUT2D eigenvalue weighted by Crippen LogP contribution is 2.35. The second kappa shape index (κ2) is 7.25. The molecule has 2 aliphatic rings. The zero-order valence-corrected chi connectivity index (χ0v) is 13.4. The molecule has 0 spiro atoms. The number of hydrogen-bond donors (Lipinski definition) is 2. The first-order valence-corrected chi connectivity index (χ1v) is 8.34. The molecule has 2 atom stereocenters. The van der Waals surface area contributed by atoms with Gasteiger partial charge in [0.15, 0.2) is 0 Å². The van der Waals surface area contributed by atoms with Crippen LogP contribution >= 0.6 is 0 Å². The minimum Gasteiger partial charge on any atom is -0.359 e. The molecule has 2 aliphatic heterocycles. The van der Waals surface area contributed by atoms with E-state index in [1.54, 1.807) is 7.05 Å². The summed E-state index contributed by atoms with van der Waals surface area (Å²) >= 11 is 0. The first-order valence-electron chi connectivity index (χ1n) is 8.34. The smallest absolute Gasteiger partial charge is 0.230 e. The van der Waals surface area contributed by atoms with Gasteiger partial charge in [0.25, 0.3) is 0 Å². The molecule has 0 bridgehead atoms. The number of nitrogens with one attached hydrogen (secondary N) is 2. The molecule has 0 radical (unpaired) electrons. The standard InChI is InChI=1S/C16H29N3O2/c1-3-7-16(8-5-9-18-12-16)15(21)19-10-4-6-13(11-19)14(20)17-2/h13,18H,3-12H2,1-2H3,(H,17,20). The van der Waals surface area contributed by atoms with Gasteiger partial charge in [0.2, 0.25) is 11.8 Å². The van der Waals surface area contributed by atoms with Crippen LogP contribution in [0.15, 0.2) is 0 Å². The van der Waals surface area contributed by atoms with Crippen LogP contribution in [0.4, 0.5) is 0 Å². The number of amides is 2. The van der Waals surface area contributed by atoms with Crippen molar-refractivity contribution in [2.24, 2.45) is 11.3 Å². The molecule has 2 N–H and O–H groups in total. The second-order valence-electron chi connectivity index (χ2n) is 6.52. The van der Waals surface area contributed by atoms with E-state index in [1.807, 2.05) is 4.90 Å². The zero-order chi connectivity index (χ0) is 15.3. The van der Waals surface area contributed by atoms with Crippen molar-refractivity contribution in [3.8, 4) is 0 Å². The summed E-state index contributed by atoms with van der Waals surface area (Å²) in [7, 11) is 1.67. The van der Waals surface area contributed by atoms with Gasteiger partial charge in [-0.05, 0) is 38.6 Å². The number of carbonyl (C=O) groups is 2. The van der Waals surface area contributed by atoms with E-state index >= 15 is 0 Å². The van der Waals surface area contributed by atoms with Crippen molar-refractivity contribution in [1.82, 2.24) is 15.5 Å². The van der Waals surface area contributed by atoms with Crippen LogP contribution in [0.2, 0.25) is 0 Å². The molecule has 5 heteroatoms. The van der Waals surface area contributed by atoms with E-state index in [0.29, 0.717) is 6.54 Å². The van der Waals surface area contributed by atoms with Gasteiger partial charge >= 0.3 is 0 Å². The highest BCUT2D eigenvalue weighted by atomic mass is 16.2. The third kappa shape index (κ3) is 3.57. The van der Waals surface area contributed by atoms with Gasteiger partial charge in [0.1, 0.15) is 0 Å². The predicted molar refractivity (Wildman–Crippen MR) is 82.8 cm³/mol. The molecule has 2 rings (SSSR count). The molecule has 0 aromatic carbocycles. The van der Waals surface area contributed by atoms with Crippen molar-refractivity contribution in [2.45, 2.75) is 45.4 Å². The Balaban J connectivity index is 2.07. The van der Waals surface area contributed by atoms with E-state index < -0.39 is 0 Å². The quantitative estimate of drug-likeness (QED) is 0.817. The lowest BCUT2D eigenvalue weighted by Gasteiger charge is -2.42. The summed E-state index contributed by atoms with van der Waals surface area (Å²) in [5.74, 6) is 0.298. The molecule has 0 aliphatic carbocycles. The number of hydrogen-bond acceptors (Lipinski definition) is 3. The van der Waals surface area contributed by atoms with Crippen LogP contribution in [0, 0.1) is 11.3 Å². The average Bonchev–Trinajstić information content (AvgIpc) is 2.54. The second-order valence-corrected chi connectivity index (χ2v) is 6.52. The van der Waals surface area contributed by atoms with Crippen LogP contribution in [0.1, 0.15) is 45.4 Å². The number of nitrogens with zero attached hydrogens (tertiary/aromatic N) is 1. The molecule has 0 saturated carbocycles. The van der Waals surface area contributed by atoms with Gasteiger partial charge in [-0.3, -0.25) is 9.59 Å². The third-order valence-electron chi connectivity index (χ3n) is 4.98. The normalized spacial score (nSPS) is 30.0. The minimum absolute atomic E-state index is 0.0390. The number of carbonyl (C=O) groups excluding carboxylic acids is 2. The van der Waals surface area contributed by atoms with Gasteiger partial charge in [-0.2, -0.15) is 0 Å². The molecular formula is C16H29N3O2. The van der Waals surface area contributed by atoms with Crippen molar-refractivity contribution >= 4 is 11.8 Å². The summed E-state index contributed by atoms with van der Waals surface area (Å²) in [6, 6.07) is 0. The lowest BCUT2D eigenvalue weighted by atomic mass is 9.75. The molecule has 2 unspecified atom stereocenters. The molecule has 2 fully saturated rings. The first-order chi connectivity index (χ1) is 10.1. The zero-order valence-electron chi connectivity index (χ0n) is 13.4. The molecule has 2 heterocycles. The summed E-state index contributed by atoms with van der Waals surface area (Å²) in [5, 5.41) is 6.12. The number of rotatable bonds is 4. The highest BCUT2D eigenvalue weighted by molar-refractivity contribution is 5.85. The van der Waals surface area contributed by atoms with Gasteiger partial charge in [-0.25, -0.2) is 0 Å². The van der Waals surface area contributed by atoms with E-state index in [9.17, 15) is 9.59 Å². The molecule has 21 heavy (non-hydrogen) atoms. The van der Waals surface area contributed by atoms with Gasteiger partial charge in [-0.1, -0.05) is 13.3 Å². The maximum atomic E-state index is 13.1. The van der Waals surface area contributed by atoms with Gasteiger partial charge in [0, 0.05) is 26.7 Å². The fourth-order valence-corrected chi connectivity index (χ4v) is 3.86. The summed E-state index contributed by atoms with van der Waals surface area (Å²) in [5.41, 5.74) is -0.239. The third-order valence-corrected chi connectivity index (χ3v) is 4.98. The lowest BCUT2D eigenvalue weighted by molar-refractivity contribution is -0.147. The number of likely N-dealkylation sites (tertiary alicyclic amines) is 1. The fraction of sp³-hybridized carbons (Fsp3) is 0.875. The Bertz CT molecular complexity index is 372. The van der Waals surface area contributed by atoms with Crippen molar-refractivity contribution in [3.05, 3.63) is 0 Å². The Morgan fingerprint density at radius 2 is 2.19 bits per heavy atom. The largest absolute Gasteiger partial charge is 0.359 e. The SMILES string of the molecule is CCCC1(C(=O)N2CCCC(C(=O)NC)C2)CCCNC1. The van der Waals surface area contributed by atoms with Crippen molar-refractivity contribution in [3.63, 3.8) is 0 Å². The fourth-order valence-electron chi connectivity index (χ4n) is 3.86. The van der Waals surface area contributed by atoms with Gasteiger partial charge < -0.3 is 15.5 Å². The van der Waals surface area contributed by atoms with E-state index in [4.69, 9.17) is 0 Å². The highest BCUT2D eigenvalue weighted by Gasteiger charge is 2.42.